The van der Waals surface area contributed by atoms with Gasteiger partial charge in [0.25, 0.3) is 0 Å². The van der Waals surface area contributed by atoms with Crippen LogP contribution in [0.25, 0.3) is 11.1 Å². The predicted molar refractivity (Wildman–Crippen MR) is 121 cm³/mol. The summed E-state index contributed by atoms with van der Waals surface area (Å²) in [5.74, 6) is -1.86. The van der Waals surface area contributed by atoms with Gasteiger partial charge in [-0.15, -0.1) is 0 Å². The van der Waals surface area contributed by atoms with Crippen molar-refractivity contribution in [2.45, 2.75) is 45.1 Å². The molecule has 0 saturated carbocycles. The number of benzene rings is 2. The maximum Gasteiger partial charge on any atom is 0.407 e. The molecule has 32 heavy (non-hydrogen) atoms. The second-order valence-electron chi connectivity index (χ2n) is 8.20. The van der Waals surface area contributed by atoms with E-state index in [-0.39, 0.29) is 31.4 Å². The molecule has 0 bridgehead atoms. The molecule has 2 aromatic rings. The summed E-state index contributed by atoms with van der Waals surface area (Å²) >= 11 is 0. The number of hydrogen-bond donors (Lipinski definition) is 3. The Morgan fingerprint density at radius 2 is 1.62 bits per heavy atom. The summed E-state index contributed by atoms with van der Waals surface area (Å²) in [7, 11) is 0. The van der Waals surface area contributed by atoms with Crippen LogP contribution < -0.4 is 10.6 Å². The topological polar surface area (TPSA) is 105 Å². The zero-order valence-electron chi connectivity index (χ0n) is 18.5. The summed E-state index contributed by atoms with van der Waals surface area (Å²) in [6.45, 7) is 3.90. The highest BCUT2D eigenvalue weighted by molar-refractivity contribution is 5.80. The molecule has 7 heteroatoms. The van der Waals surface area contributed by atoms with Crippen LogP contribution in [-0.4, -0.2) is 42.3 Å². The summed E-state index contributed by atoms with van der Waals surface area (Å²) < 4.78 is 5.49. The van der Waals surface area contributed by atoms with Gasteiger partial charge >= 0.3 is 12.1 Å². The highest BCUT2D eigenvalue weighted by atomic mass is 16.5. The van der Waals surface area contributed by atoms with Gasteiger partial charge in [-0.25, -0.2) is 4.79 Å². The zero-order valence-corrected chi connectivity index (χ0v) is 18.5. The van der Waals surface area contributed by atoms with Crippen LogP contribution >= 0.6 is 0 Å². The van der Waals surface area contributed by atoms with E-state index in [1.54, 1.807) is 6.92 Å². The van der Waals surface area contributed by atoms with E-state index in [1.165, 1.54) is 0 Å². The second-order valence-corrected chi connectivity index (χ2v) is 8.20. The first-order valence-corrected chi connectivity index (χ1v) is 11.0. The summed E-state index contributed by atoms with van der Waals surface area (Å²) in [6, 6.07) is 15.8. The fraction of sp³-hybridized carbons (Fsp3) is 0.400. The number of carbonyl (C=O) groups is 3. The zero-order chi connectivity index (χ0) is 23.1. The van der Waals surface area contributed by atoms with Crippen LogP contribution in [0.5, 0.6) is 0 Å². The Morgan fingerprint density at radius 1 is 1.03 bits per heavy atom. The normalized spacial score (nSPS) is 14.1. The van der Waals surface area contributed by atoms with E-state index in [0.717, 1.165) is 28.7 Å². The minimum atomic E-state index is -0.919. The Balaban J connectivity index is 1.48. The van der Waals surface area contributed by atoms with Crippen LogP contribution in [0.1, 0.15) is 50.2 Å². The number of hydrogen-bond acceptors (Lipinski definition) is 4. The molecule has 0 fully saturated rings. The maximum atomic E-state index is 12.3. The first-order valence-electron chi connectivity index (χ1n) is 11.0. The molecule has 2 aromatic carbocycles. The molecule has 0 aliphatic heterocycles. The maximum absolute atomic E-state index is 12.3. The monoisotopic (exact) mass is 438 g/mol. The third kappa shape index (κ3) is 5.66. The van der Waals surface area contributed by atoms with E-state index >= 15 is 0 Å². The van der Waals surface area contributed by atoms with Crippen molar-refractivity contribution in [3.63, 3.8) is 0 Å². The minimum absolute atomic E-state index is 0.0294. The number of amides is 2. The molecule has 2 amide bonds. The van der Waals surface area contributed by atoms with Crippen LogP contribution in [-0.2, 0) is 14.3 Å². The molecule has 0 saturated heterocycles. The van der Waals surface area contributed by atoms with E-state index in [2.05, 4.69) is 34.9 Å². The molecule has 3 rings (SSSR count). The number of carbonyl (C=O) groups excluding carboxylic acids is 2. The van der Waals surface area contributed by atoms with Crippen LogP contribution in [0.4, 0.5) is 4.79 Å². The van der Waals surface area contributed by atoms with Gasteiger partial charge in [-0.2, -0.15) is 0 Å². The van der Waals surface area contributed by atoms with Gasteiger partial charge in [0.15, 0.2) is 0 Å². The van der Waals surface area contributed by atoms with Crippen molar-refractivity contribution in [2.75, 3.05) is 13.2 Å². The van der Waals surface area contributed by atoms with Crippen molar-refractivity contribution in [3.8, 4) is 11.1 Å². The molecule has 170 valence electrons. The van der Waals surface area contributed by atoms with E-state index in [1.807, 2.05) is 31.2 Å². The lowest BCUT2D eigenvalue weighted by molar-refractivity contribution is -0.141. The third-order valence-electron chi connectivity index (χ3n) is 5.73. The Labute approximate surface area is 188 Å². The van der Waals surface area contributed by atoms with E-state index in [4.69, 9.17) is 9.84 Å². The first-order chi connectivity index (χ1) is 15.4. The van der Waals surface area contributed by atoms with Gasteiger partial charge in [0.05, 0.1) is 5.92 Å². The average molecular weight is 439 g/mol. The molecular formula is C25H30N2O5. The molecule has 1 unspecified atom stereocenters. The molecule has 0 aromatic heterocycles. The third-order valence-corrected chi connectivity index (χ3v) is 5.73. The average Bonchev–Trinajstić information content (AvgIpc) is 3.08. The number of alkyl carbamates (subject to hydrolysis) is 1. The van der Waals surface area contributed by atoms with Crippen LogP contribution in [0.2, 0.25) is 0 Å². The molecular weight excluding hydrogens is 408 g/mol. The van der Waals surface area contributed by atoms with E-state index < -0.39 is 24.0 Å². The number of ether oxygens (including phenoxy) is 1. The van der Waals surface area contributed by atoms with Crippen LogP contribution in [0, 0.1) is 5.92 Å². The second kappa shape index (κ2) is 10.8. The van der Waals surface area contributed by atoms with Crippen molar-refractivity contribution < 1.29 is 24.2 Å². The molecule has 0 heterocycles. The van der Waals surface area contributed by atoms with Gasteiger partial charge in [-0.05, 0) is 35.6 Å². The molecule has 2 atom stereocenters. The molecule has 7 nitrogen and oxygen atoms in total. The lowest BCUT2D eigenvalue weighted by Crippen LogP contribution is -2.39. The Kier molecular flexibility index (Phi) is 7.87. The number of rotatable bonds is 10. The number of carboxylic acid groups (broad SMARTS) is 1. The highest BCUT2D eigenvalue weighted by Gasteiger charge is 2.29. The van der Waals surface area contributed by atoms with Crippen molar-refractivity contribution in [2.24, 2.45) is 5.92 Å². The molecule has 0 spiro atoms. The van der Waals surface area contributed by atoms with Gasteiger partial charge in [0.2, 0.25) is 5.91 Å². The number of nitrogens with one attached hydrogen (secondary N) is 2. The summed E-state index contributed by atoms with van der Waals surface area (Å²) in [5, 5.41) is 14.5. The summed E-state index contributed by atoms with van der Waals surface area (Å²) in [4.78, 5) is 35.6. The standard InChI is InChI=1S/C25H30N2O5/c1-3-8-17(24(29)30)14-26-23(28)13-16(2)27-25(31)32-15-22-20-11-6-4-9-18(20)19-10-5-7-12-21(19)22/h4-7,9-12,16-17,22H,3,8,13-15H2,1-2H3,(H,26,28)(H,27,31)(H,29,30)/t16-,17?/m1/s1. The van der Waals surface area contributed by atoms with E-state index in [0.29, 0.717) is 6.42 Å². The minimum Gasteiger partial charge on any atom is -0.481 e. The molecule has 0 radical (unpaired) electrons. The Morgan fingerprint density at radius 3 is 2.19 bits per heavy atom. The lowest BCUT2D eigenvalue weighted by Gasteiger charge is -2.18. The van der Waals surface area contributed by atoms with Crippen LogP contribution in [0.15, 0.2) is 48.5 Å². The number of aliphatic carboxylic acids is 1. The van der Waals surface area contributed by atoms with Gasteiger partial charge in [-0.1, -0.05) is 61.9 Å². The fourth-order valence-corrected chi connectivity index (χ4v) is 4.14. The van der Waals surface area contributed by atoms with Crippen molar-refractivity contribution >= 4 is 18.0 Å². The van der Waals surface area contributed by atoms with E-state index in [9.17, 15) is 14.4 Å². The predicted octanol–water partition coefficient (Wildman–Crippen LogP) is 3.92. The first kappa shape index (κ1) is 23.3. The van der Waals surface area contributed by atoms with Gasteiger partial charge in [-0.3, -0.25) is 9.59 Å². The van der Waals surface area contributed by atoms with Gasteiger partial charge in [0, 0.05) is 24.9 Å². The lowest BCUT2D eigenvalue weighted by atomic mass is 9.98. The van der Waals surface area contributed by atoms with Crippen molar-refractivity contribution in [3.05, 3.63) is 59.7 Å². The number of carboxylic acids is 1. The van der Waals surface area contributed by atoms with Crippen molar-refractivity contribution in [1.29, 1.82) is 0 Å². The summed E-state index contributed by atoms with van der Waals surface area (Å²) in [5.41, 5.74) is 4.58. The summed E-state index contributed by atoms with van der Waals surface area (Å²) in [6.07, 6.45) is 0.694. The fourth-order valence-electron chi connectivity index (χ4n) is 4.14. The Hall–Kier alpha value is -3.35. The molecule has 1 aliphatic rings. The SMILES string of the molecule is CCCC(CNC(=O)C[C@@H](C)NC(=O)OCC1c2ccccc2-c2ccccc21)C(=O)O. The van der Waals surface area contributed by atoms with Gasteiger partial charge in [0.1, 0.15) is 6.61 Å². The highest BCUT2D eigenvalue weighted by Crippen LogP contribution is 2.44. The Bertz CT molecular complexity index is 929. The van der Waals surface area contributed by atoms with Gasteiger partial charge < -0.3 is 20.5 Å². The largest absolute Gasteiger partial charge is 0.481 e. The number of fused-ring (bicyclic) bond motifs is 3. The smallest absolute Gasteiger partial charge is 0.407 e. The quantitative estimate of drug-likeness (QED) is 0.521. The van der Waals surface area contributed by atoms with Crippen molar-refractivity contribution in [1.82, 2.24) is 10.6 Å². The molecule has 1 aliphatic carbocycles. The van der Waals surface area contributed by atoms with Crippen LogP contribution in [0.3, 0.4) is 0 Å². The molecule has 3 N–H and O–H groups in total.